The van der Waals surface area contributed by atoms with Gasteiger partial charge in [-0.25, -0.2) is 4.68 Å². The van der Waals surface area contributed by atoms with Crippen molar-refractivity contribution in [3.05, 3.63) is 41.1 Å². The molecule has 0 saturated carbocycles. The molecular weight excluding hydrogens is 314 g/mol. The second-order valence-corrected chi connectivity index (χ2v) is 7.19. The van der Waals surface area contributed by atoms with E-state index in [-0.39, 0.29) is 11.9 Å². The van der Waals surface area contributed by atoms with Gasteiger partial charge in [-0.15, -0.1) is 0 Å². The summed E-state index contributed by atoms with van der Waals surface area (Å²) < 4.78 is 2.07. The number of carbonyl (C=O) groups excluding carboxylic acids is 1. The van der Waals surface area contributed by atoms with E-state index < -0.39 is 0 Å². The summed E-state index contributed by atoms with van der Waals surface area (Å²) in [6.45, 7) is 7.09. The zero-order valence-electron chi connectivity index (χ0n) is 14.8. The van der Waals surface area contributed by atoms with Gasteiger partial charge in [-0.1, -0.05) is 12.1 Å². The average molecular weight is 339 g/mol. The van der Waals surface area contributed by atoms with Gasteiger partial charge in [-0.05, 0) is 37.5 Å². The van der Waals surface area contributed by atoms with Crippen LogP contribution in [0.15, 0.2) is 24.3 Å². The molecule has 0 saturated heterocycles. The van der Waals surface area contributed by atoms with Crippen molar-refractivity contribution in [2.75, 3.05) is 23.7 Å². The third kappa shape index (κ3) is 3.39. The maximum atomic E-state index is 11.5. The first-order valence-corrected chi connectivity index (χ1v) is 9.03. The van der Waals surface area contributed by atoms with Gasteiger partial charge in [-0.3, -0.25) is 4.79 Å². The fraction of sp³-hybridized carbons (Fsp3) is 0.474. The first kappa shape index (κ1) is 16.1. The van der Waals surface area contributed by atoms with Crippen LogP contribution in [0, 0.1) is 12.8 Å². The minimum atomic E-state index is 0.115. The number of aryl methyl sites for hydroxylation is 2. The molecule has 25 heavy (non-hydrogen) atoms. The van der Waals surface area contributed by atoms with Crippen LogP contribution in [0.3, 0.4) is 0 Å². The van der Waals surface area contributed by atoms with Crippen molar-refractivity contribution in [2.45, 2.75) is 39.3 Å². The van der Waals surface area contributed by atoms with E-state index in [1.165, 1.54) is 11.1 Å². The van der Waals surface area contributed by atoms with Crippen molar-refractivity contribution in [1.29, 1.82) is 0 Å². The van der Waals surface area contributed by atoms with Gasteiger partial charge in [0.1, 0.15) is 5.82 Å². The Labute approximate surface area is 148 Å². The monoisotopic (exact) mass is 339 g/mol. The summed E-state index contributed by atoms with van der Waals surface area (Å²) in [5, 5.41) is 14.6. The fourth-order valence-electron chi connectivity index (χ4n) is 3.66. The van der Waals surface area contributed by atoms with Crippen molar-refractivity contribution in [3.8, 4) is 0 Å². The van der Waals surface area contributed by atoms with Crippen molar-refractivity contribution in [1.82, 2.24) is 15.1 Å². The lowest BCUT2D eigenvalue weighted by molar-refractivity contribution is -0.116. The number of hydrogen-bond donors (Lipinski definition) is 3. The molecule has 4 rings (SSSR count). The van der Waals surface area contributed by atoms with Crippen LogP contribution in [0.1, 0.15) is 36.2 Å². The minimum absolute atomic E-state index is 0.115. The summed E-state index contributed by atoms with van der Waals surface area (Å²) in [6.07, 6.45) is 1.41. The second-order valence-electron chi connectivity index (χ2n) is 7.19. The van der Waals surface area contributed by atoms with Crippen LogP contribution in [0.4, 0.5) is 11.5 Å². The van der Waals surface area contributed by atoms with Crippen LogP contribution in [-0.4, -0.2) is 28.8 Å². The summed E-state index contributed by atoms with van der Waals surface area (Å²) >= 11 is 0. The van der Waals surface area contributed by atoms with Crippen molar-refractivity contribution in [2.24, 2.45) is 5.92 Å². The van der Waals surface area contributed by atoms with Gasteiger partial charge in [0, 0.05) is 49.8 Å². The second kappa shape index (κ2) is 6.52. The van der Waals surface area contributed by atoms with Crippen LogP contribution in [0.25, 0.3) is 0 Å². The summed E-state index contributed by atoms with van der Waals surface area (Å²) in [7, 11) is 0. The zero-order chi connectivity index (χ0) is 17.4. The maximum absolute atomic E-state index is 11.5. The van der Waals surface area contributed by atoms with E-state index in [4.69, 9.17) is 0 Å². The molecule has 6 nitrogen and oxygen atoms in total. The number of anilines is 2. The van der Waals surface area contributed by atoms with E-state index >= 15 is 0 Å². The zero-order valence-corrected chi connectivity index (χ0v) is 14.8. The lowest BCUT2D eigenvalue weighted by atomic mass is 9.97. The molecule has 2 aliphatic heterocycles. The summed E-state index contributed by atoms with van der Waals surface area (Å²) in [4.78, 5) is 11.5. The first-order chi connectivity index (χ1) is 12.1. The highest BCUT2D eigenvalue weighted by atomic mass is 16.1. The minimum Gasteiger partial charge on any atom is -0.370 e. The number of benzene rings is 1. The Balaban J connectivity index is 1.36. The third-order valence-electron chi connectivity index (χ3n) is 5.14. The predicted molar refractivity (Wildman–Crippen MR) is 98.8 cm³/mol. The molecule has 2 aliphatic rings. The van der Waals surface area contributed by atoms with Crippen molar-refractivity contribution < 1.29 is 4.79 Å². The van der Waals surface area contributed by atoms with Crippen LogP contribution in [0.2, 0.25) is 0 Å². The smallest absolute Gasteiger partial charge is 0.224 e. The van der Waals surface area contributed by atoms with E-state index in [1.807, 2.05) is 13.0 Å². The molecule has 132 valence electrons. The van der Waals surface area contributed by atoms with Gasteiger partial charge in [0.2, 0.25) is 5.91 Å². The molecule has 2 atom stereocenters. The van der Waals surface area contributed by atoms with E-state index in [0.717, 1.165) is 43.3 Å². The Morgan fingerprint density at radius 1 is 1.36 bits per heavy atom. The summed E-state index contributed by atoms with van der Waals surface area (Å²) in [5.41, 5.74) is 4.53. The van der Waals surface area contributed by atoms with Gasteiger partial charge in [-0.2, -0.15) is 5.10 Å². The van der Waals surface area contributed by atoms with E-state index in [1.54, 1.807) is 0 Å². The Bertz CT molecular complexity index is 797. The number of fused-ring (bicyclic) bond motifs is 2. The predicted octanol–water partition coefficient (Wildman–Crippen LogP) is 2.47. The number of hydrogen-bond acceptors (Lipinski definition) is 4. The van der Waals surface area contributed by atoms with Crippen LogP contribution >= 0.6 is 0 Å². The van der Waals surface area contributed by atoms with E-state index in [2.05, 4.69) is 50.9 Å². The lowest BCUT2D eigenvalue weighted by Crippen LogP contribution is -2.36. The molecule has 1 amide bonds. The highest BCUT2D eigenvalue weighted by molar-refractivity contribution is 5.93. The van der Waals surface area contributed by atoms with Crippen molar-refractivity contribution in [3.63, 3.8) is 0 Å². The first-order valence-electron chi connectivity index (χ1n) is 9.03. The Morgan fingerprint density at radius 3 is 3.12 bits per heavy atom. The lowest BCUT2D eigenvalue weighted by Gasteiger charge is -2.27. The molecule has 0 fully saturated rings. The number of rotatable bonds is 4. The quantitative estimate of drug-likeness (QED) is 0.800. The van der Waals surface area contributed by atoms with E-state index in [0.29, 0.717) is 12.3 Å². The molecule has 3 N–H and O–H groups in total. The average Bonchev–Trinajstić information content (AvgIpc) is 2.98. The van der Waals surface area contributed by atoms with E-state index in [9.17, 15) is 4.79 Å². The molecule has 1 aromatic carbocycles. The molecular formula is C19H25N5O. The molecule has 0 aliphatic carbocycles. The van der Waals surface area contributed by atoms with Crippen LogP contribution < -0.4 is 16.0 Å². The number of amides is 1. The Morgan fingerprint density at radius 2 is 2.24 bits per heavy atom. The topological polar surface area (TPSA) is 71.0 Å². The molecule has 0 unspecified atom stereocenters. The SMILES string of the molecule is Cc1cc2n(n1)C[C@H](CN[C@H](C)c1ccc3c(c1)CCC(=O)N3)CN2. The van der Waals surface area contributed by atoms with Gasteiger partial charge < -0.3 is 16.0 Å². The standard InChI is InChI=1S/C19H25N5O/c1-12-7-18-21-10-14(11-24(18)23-12)9-20-13(2)15-3-5-17-16(8-15)4-6-19(25)22-17/h3,5,7-8,13-14,20-21H,4,6,9-11H2,1-2H3,(H,22,25)/t13-,14-/m1/s1. The number of nitrogens with one attached hydrogen (secondary N) is 3. The normalized spacial score (nSPS) is 20.2. The Hall–Kier alpha value is -2.34. The highest BCUT2D eigenvalue weighted by Gasteiger charge is 2.20. The van der Waals surface area contributed by atoms with Gasteiger partial charge >= 0.3 is 0 Å². The molecule has 3 heterocycles. The van der Waals surface area contributed by atoms with Gasteiger partial charge in [0.25, 0.3) is 0 Å². The molecule has 6 heteroatoms. The maximum Gasteiger partial charge on any atom is 0.224 e. The number of aromatic nitrogens is 2. The van der Waals surface area contributed by atoms with Gasteiger partial charge in [0.05, 0.1) is 5.69 Å². The number of carbonyl (C=O) groups is 1. The number of nitrogens with zero attached hydrogens (tertiary/aromatic N) is 2. The van der Waals surface area contributed by atoms with Crippen molar-refractivity contribution >= 4 is 17.4 Å². The molecule has 0 bridgehead atoms. The van der Waals surface area contributed by atoms with Crippen LogP contribution in [-0.2, 0) is 17.8 Å². The molecule has 1 aromatic heterocycles. The molecule has 0 radical (unpaired) electrons. The molecule has 2 aromatic rings. The highest BCUT2D eigenvalue weighted by Crippen LogP contribution is 2.26. The Kier molecular flexibility index (Phi) is 4.21. The van der Waals surface area contributed by atoms with Gasteiger partial charge in [0.15, 0.2) is 0 Å². The fourth-order valence-corrected chi connectivity index (χ4v) is 3.66. The van der Waals surface area contributed by atoms with Crippen LogP contribution in [0.5, 0.6) is 0 Å². The summed E-state index contributed by atoms with van der Waals surface area (Å²) in [5.74, 6) is 1.76. The largest absolute Gasteiger partial charge is 0.370 e. The molecule has 0 spiro atoms. The summed E-state index contributed by atoms with van der Waals surface area (Å²) in [6, 6.07) is 8.74. The third-order valence-corrected chi connectivity index (χ3v) is 5.14.